The van der Waals surface area contributed by atoms with Gasteiger partial charge in [-0.2, -0.15) is 0 Å². The second-order valence-electron chi connectivity index (χ2n) is 8.45. The molecule has 0 saturated carbocycles. The summed E-state index contributed by atoms with van der Waals surface area (Å²) in [7, 11) is 7.06. The van der Waals surface area contributed by atoms with Gasteiger partial charge in [-0.1, -0.05) is 90.9 Å². The van der Waals surface area contributed by atoms with Crippen LogP contribution in [0.5, 0.6) is 0 Å². The third-order valence-electron chi connectivity index (χ3n) is 4.74. The van der Waals surface area contributed by atoms with E-state index in [1.165, 1.54) is 96.4 Å². The summed E-state index contributed by atoms with van der Waals surface area (Å²) in [6, 6.07) is 0. The fourth-order valence-corrected chi connectivity index (χ4v) is 3.53. The SMILES string of the molecule is CCCCCCCCCCC(CCCCCC)C[N+](C)(C)C.[Cl-]. The normalized spacial score (nSPS) is 12.9. The lowest BCUT2D eigenvalue weighted by Gasteiger charge is -2.29. The van der Waals surface area contributed by atoms with Gasteiger partial charge in [0.2, 0.25) is 0 Å². The largest absolute Gasteiger partial charge is 1.00 e. The number of quaternary nitrogens is 1. The van der Waals surface area contributed by atoms with Crippen LogP contribution in [0.15, 0.2) is 0 Å². The van der Waals surface area contributed by atoms with E-state index in [-0.39, 0.29) is 12.4 Å². The average molecular weight is 348 g/mol. The topological polar surface area (TPSA) is 0 Å². The zero-order chi connectivity index (χ0) is 16.7. The van der Waals surface area contributed by atoms with Crippen molar-refractivity contribution < 1.29 is 16.9 Å². The second kappa shape index (κ2) is 17.1. The first-order valence-electron chi connectivity index (χ1n) is 10.3. The van der Waals surface area contributed by atoms with E-state index in [0.717, 1.165) is 10.4 Å². The van der Waals surface area contributed by atoms with Gasteiger partial charge >= 0.3 is 0 Å². The summed E-state index contributed by atoms with van der Waals surface area (Å²) in [5.74, 6) is 0.956. The molecule has 0 aliphatic rings. The Balaban J connectivity index is 0. The highest BCUT2D eigenvalue weighted by molar-refractivity contribution is 4.60. The van der Waals surface area contributed by atoms with Gasteiger partial charge in [0.25, 0.3) is 0 Å². The Labute approximate surface area is 154 Å². The van der Waals surface area contributed by atoms with Crippen molar-refractivity contribution in [3.05, 3.63) is 0 Å². The Morgan fingerprint density at radius 1 is 0.565 bits per heavy atom. The van der Waals surface area contributed by atoms with Crippen LogP contribution in [-0.4, -0.2) is 32.2 Å². The van der Waals surface area contributed by atoms with Crippen LogP contribution in [-0.2, 0) is 0 Å². The van der Waals surface area contributed by atoms with Gasteiger partial charge < -0.3 is 16.9 Å². The molecule has 2 heteroatoms. The highest BCUT2D eigenvalue weighted by atomic mass is 35.5. The highest BCUT2D eigenvalue weighted by Crippen LogP contribution is 2.21. The molecule has 23 heavy (non-hydrogen) atoms. The third kappa shape index (κ3) is 20.2. The fraction of sp³-hybridized carbons (Fsp3) is 1.00. The van der Waals surface area contributed by atoms with E-state index in [9.17, 15) is 0 Å². The molecule has 0 aromatic carbocycles. The molecule has 0 fully saturated rings. The lowest BCUT2D eigenvalue weighted by Crippen LogP contribution is -3.00. The van der Waals surface area contributed by atoms with Gasteiger partial charge in [0, 0.05) is 5.92 Å². The summed E-state index contributed by atoms with van der Waals surface area (Å²) in [5, 5.41) is 0. The summed E-state index contributed by atoms with van der Waals surface area (Å²) < 4.78 is 1.13. The van der Waals surface area contributed by atoms with Gasteiger partial charge in [-0.15, -0.1) is 0 Å². The number of hydrogen-bond donors (Lipinski definition) is 0. The summed E-state index contributed by atoms with van der Waals surface area (Å²) in [6.07, 6.45) is 20.2. The molecule has 0 saturated heterocycles. The molecule has 0 amide bonds. The Morgan fingerprint density at radius 3 is 1.30 bits per heavy atom. The molecule has 1 atom stereocenters. The van der Waals surface area contributed by atoms with Gasteiger partial charge in [-0.05, 0) is 12.8 Å². The Bertz CT molecular complexity index is 222. The Morgan fingerprint density at radius 2 is 0.913 bits per heavy atom. The van der Waals surface area contributed by atoms with Crippen LogP contribution in [0.1, 0.15) is 104 Å². The zero-order valence-electron chi connectivity index (χ0n) is 17.0. The van der Waals surface area contributed by atoms with E-state index < -0.39 is 0 Å². The fourth-order valence-electron chi connectivity index (χ4n) is 3.53. The lowest BCUT2D eigenvalue weighted by atomic mass is 9.93. The first kappa shape index (κ1) is 25.5. The number of halogens is 1. The quantitative estimate of drug-likeness (QED) is 0.294. The van der Waals surface area contributed by atoms with E-state index in [2.05, 4.69) is 35.0 Å². The summed E-state index contributed by atoms with van der Waals surface area (Å²) in [5.41, 5.74) is 0. The molecule has 1 nitrogen and oxygen atoms in total. The van der Waals surface area contributed by atoms with Crippen molar-refractivity contribution >= 4 is 0 Å². The highest BCUT2D eigenvalue weighted by Gasteiger charge is 2.17. The van der Waals surface area contributed by atoms with Gasteiger partial charge in [0.05, 0.1) is 27.7 Å². The number of hydrogen-bond acceptors (Lipinski definition) is 0. The van der Waals surface area contributed by atoms with Crippen LogP contribution in [0.25, 0.3) is 0 Å². The van der Waals surface area contributed by atoms with Crippen LogP contribution in [0.4, 0.5) is 0 Å². The molecule has 0 bridgehead atoms. The van der Waals surface area contributed by atoms with Gasteiger partial charge in [0.15, 0.2) is 0 Å². The van der Waals surface area contributed by atoms with E-state index in [1.54, 1.807) is 0 Å². The maximum absolute atomic E-state index is 2.35. The standard InChI is InChI=1S/C21H46N.ClH/c1-6-8-10-12-13-14-15-17-19-21(20-22(3,4)5)18-16-11-9-7-2;/h21H,6-20H2,1-5H3;1H/q+1;/p-1. The molecule has 0 rings (SSSR count). The zero-order valence-corrected chi connectivity index (χ0v) is 17.8. The molecule has 0 aromatic rings. The minimum atomic E-state index is 0. The molecule has 0 radical (unpaired) electrons. The number of unbranched alkanes of at least 4 members (excludes halogenated alkanes) is 10. The molecule has 142 valence electrons. The van der Waals surface area contributed by atoms with E-state index >= 15 is 0 Å². The third-order valence-corrected chi connectivity index (χ3v) is 4.74. The van der Waals surface area contributed by atoms with Crippen molar-refractivity contribution in [3.8, 4) is 0 Å². The number of rotatable bonds is 16. The minimum absolute atomic E-state index is 0. The van der Waals surface area contributed by atoms with Crippen molar-refractivity contribution in [1.82, 2.24) is 0 Å². The van der Waals surface area contributed by atoms with Crippen LogP contribution < -0.4 is 12.4 Å². The van der Waals surface area contributed by atoms with Crippen LogP contribution in [0.3, 0.4) is 0 Å². The smallest absolute Gasteiger partial charge is 0.0809 e. The van der Waals surface area contributed by atoms with Crippen molar-refractivity contribution in [2.45, 2.75) is 104 Å². The molecule has 0 spiro atoms. The lowest BCUT2D eigenvalue weighted by molar-refractivity contribution is -0.874. The van der Waals surface area contributed by atoms with Crippen LogP contribution in [0, 0.1) is 5.92 Å². The molecular weight excluding hydrogens is 302 g/mol. The van der Waals surface area contributed by atoms with Crippen LogP contribution in [0.2, 0.25) is 0 Å². The van der Waals surface area contributed by atoms with Crippen molar-refractivity contribution in [3.63, 3.8) is 0 Å². The Kier molecular flexibility index (Phi) is 18.9. The van der Waals surface area contributed by atoms with Gasteiger partial charge in [-0.3, -0.25) is 0 Å². The monoisotopic (exact) mass is 347 g/mol. The second-order valence-corrected chi connectivity index (χ2v) is 8.45. The summed E-state index contributed by atoms with van der Waals surface area (Å²) in [6.45, 7) is 5.97. The molecule has 0 aromatic heterocycles. The first-order chi connectivity index (χ1) is 10.5. The van der Waals surface area contributed by atoms with E-state index in [1.807, 2.05) is 0 Å². The number of nitrogens with zero attached hydrogens (tertiary/aromatic N) is 1. The van der Waals surface area contributed by atoms with Crippen molar-refractivity contribution in [2.75, 3.05) is 27.7 Å². The predicted molar refractivity (Wildman–Crippen MR) is 102 cm³/mol. The van der Waals surface area contributed by atoms with E-state index in [0.29, 0.717) is 0 Å². The predicted octanol–water partition coefficient (Wildman–Crippen LogP) is 3.81. The molecule has 1 unspecified atom stereocenters. The maximum Gasteiger partial charge on any atom is 0.0809 e. The molecule has 0 aliphatic heterocycles. The summed E-state index contributed by atoms with van der Waals surface area (Å²) >= 11 is 0. The molecule has 0 heterocycles. The first-order valence-corrected chi connectivity index (χ1v) is 10.3. The van der Waals surface area contributed by atoms with Crippen molar-refractivity contribution in [2.24, 2.45) is 5.92 Å². The van der Waals surface area contributed by atoms with E-state index in [4.69, 9.17) is 0 Å². The molecule has 0 aliphatic carbocycles. The van der Waals surface area contributed by atoms with Gasteiger partial charge in [0.1, 0.15) is 0 Å². The maximum atomic E-state index is 2.35. The van der Waals surface area contributed by atoms with Gasteiger partial charge in [-0.25, -0.2) is 0 Å². The van der Waals surface area contributed by atoms with Crippen molar-refractivity contribution in [1.29, 1.82) is 0 Å². The van der Waals surface area contributed by atoms with Crippen LogP contribution >= 0.6 is 0 Å². The molecular formula is C21H46ClN. The average Bonchev–Trinajstić information content (AvgIpc) is 2.44. The summed E-state index contributed by atoms with van der Waals surface area (Å²) in [4.78, 5) is 0. The minimum Gasteiger partial charge on any atom is -1.00 e. The Hall–Kier alpha value is 0.250. The molecule has 0 N–H and O–H groups in total.